The minimum atomic E-state index is -0.218. The van der Waals surface area contributed by atoms with Gasteiger partial charge in [-0.1, -0.05) is 89.2 Å². The van der Waals surface area contributed by atoms with E-state index in [4.69, 9.17) is 4.42 Å². The number of hydrogen-bond acceptors (Lipinski definition) is 3. The lowest BCUT2D eigenvalue weighted by Gasteiger charge is -2.20. The van der Waals surface area contributed by atoms with Gasteiger partial charge in [-0.25, -0.2) is 0 Å². The lowest BCUT2D eigenvalue weighted by Crippen LogP contribution is -2.21. The van der Waals surface area contributed by atoms with Crippen molar-refractivity contribution in [2.24, 2.45) is 0 Å². The fourth-order valence-electron chi connectivity index (χ4n) is 2.24. The Labute approximate surface area is 139 Å². The second kappa shape index (κ2) is 6.95. The van der Waals surface area contributed by atoms with E-state index in [2.05, 4.69) is 69.1 Å². The first kappa shape index (κ1) is 17.2. The Kier molecular flexibility index (Phi) is 5.19. The monoisotopic (exact) mass is 310 g/mol. The zero-order chi connectivity index (χ0) is 16.9. The van der Waals surface area contributed by atoms with Crippen molar-refractivity contribution in [3.05, 3.63) is 71.9 Å². The smallest absolute Gasteiger partial charge is 0.222 e. The van der Waals surface area contributed by atoms with E-state index < -0.39 is 0 Å². The van der Waals surface area contributed by atoms with Gasteiger partial charge in [0.2, 0.25) is 11.8 Å². The van der Waals surface area contributed by atoms with Gasteiger partial charge in [-0.05, 0) is 12.0 Å². The molecule has 122 valence electrons. The molecule has 0 unspecified atom stereocenters. The average molecular weight is 310 g/mol. The minimum Gasteiger partial charge on any atom is -0.424 e. The first-order valence-electron chi connectivity index (χ1n) is 8.01. The summed E-state index contributed by atoms with van der Waals surface area (Å²) >= 11 is 0. The summed E-state index contributed by atoms with van der Waals surface area (Å²) < 4.78 is 5.94. The van der Waals surface area contributed by atoms with Gasteiger partial charge in [-0.2, -0.15) is 0 Å². The summed E-state index contributed by atoms with van der Waals surface area (Å²) in [4.78, 5) is 0. The molecule has 1 aromatic carbocycles. The molecule has 0 aliphatic carbocycles. The number of aromatic nitrogens is 2. The Hall–Kier alpha value is -2.16. The Bertz CT molecular complexity index is 670. The van der Waals surface area contributed by atoms with Crippen molar-refractivity contribution in [2.45, 2.75) is 51.9 Å². The van der Waals surface area contributed by atoms with E-state index >= 15 is 0 Å². The van der Waals surface area contributed by atoms with Gasteiger partial charge in [0, 0.05) is 10.8 Å². The number of nitrogens with zero attached hydrogens (tertiary/aromatic N) is 2. The van der Waals surface area contributed by atoms with E-state index in [0.29, 0.717) is 11.8 Å². The first-order chi connectivity index (χ1) is 10.8. The van der Waals surface area contributed by atoms with Gasteiger partial charge in [0.1, 0.15) is 0 Å². The van der Waals surface area contributed by atoms with E-state index in [-0.39, 0.29) is 10.8 Å². The fraction of sp³-hybridized carbons (Fsp3) is 0.400. The molecule has 0 amide bonds. The summed E-state index contributed by atoms with van der Waals surface area (Å²) in [6.07, 6.45) is 0.831. The quantitative estimate of drug-likeness (QED) is 0.799. The zero-order valence-corrected chi connectivity index (χ0v) is 14.7. The van der Waals surface area contributed by atoms with Crippen molar-refractivity contribution in [3.8, 4) is 0 Å². The molecule has 0 aliphatic rings. The molecule has 0 saturated carbocycles. The van der Waals surface area contributed by atoms with Crippen molar-refractivity contribution in [3.63, 3.8) is 0 Å². The topological polar surface area (TPSA) is 38.9 Å². The van der Waals surface area contributed by atoms with Gasteiger partial charge >= 0.3 is 0 Å². The molecule has 23 heavy (non-hydrogen) atoms. The predicted octanol–water partition coefficient (Wildman–Crippen LogP) is 5.01. The van der Waals surface area contributed by atoms with Crippen LogP contribution in [0.2, 0.25) is 0 Å². The molecule has 1 heterocycles. The molecule has 3 nitrogen and oxygen atoms in total. The third kappa shape index (κ3) is 4.92. The van der Waals surface area contributed by atoms with Crippen molar-refractivity contribution in [1.29, 1.82) is 0 Å². The molecule has 0 aliphatic heterocycles. The Morgan fingerprint density at radius 1 is 0.739 bits per heavy atom. The summed E-state index contributed by atoms with van der Waals surface area (Å²) in [7, 11) is 0. The van der Waals surface area contributed by atoms with Crippen LogP contribution in [0.5, 0.6) is 0 Å². The Morgan fingerprint density at radius 2 is 1.22 bits per heavy atom. The predicted molar refractivity (Wildman–Crippen MR) is 93.8 cm³/mol. The molecule has 0 N–H and O–H groups in total. The van der Waals surface area contributed by atoms with E-state index in [9.17, 15) is 0 Å². The highest BCUT2D eigenvalue weighted by atomic mass is 16.4. The van der Waals surface area contributed by atoms with Crippen LogP contribution in [0.3, 0.4) is 0 Å². The van der Waals surface area contributed by atoms with Crippen LogP contribution in [0, 0.1) is 0 Å². The van der Waals surface area contributed by atoms with Crippen LogP contribution < -0.4 is 0 Å². The van der Waals surface area contributed by atoms with Crippen molar-refractivity contribution >= 4 is 0 Å². The summed E-state index contributed by atoms with van der Waals surface area (Å²) in [6, 6.07) is 18.5. The standard InChI is InChI=1S/C20H26N2O/c1-19(2,3)17-21-22-18(23-17)20(4,5)15-16-13-11-9-7-6-8-10-12-14-16/h6-14H,15H2,1-5H3. The van der Waals surface area contributed by atoms with E-state index in [1.807, 2.05) is 30.3 Å². The lowest BCUT2D eigenvalue weighted by atomic mass is 9.86. The molecule has 0 fully saturated rings. The normalized spacial score (nSPS) is 11.9. The SMILES string of the molecule is CC(C)(C)c1nnc(C(C)(C)Cc2ccccccccc2)o1. The molecule has 0 radical (unpaired) electrons. The Balaban J connectivity index is 2.29. The molecule has 3 heteroatoms. The van der Waals surface area contributed by atoms with Gasteiger partial charge in [-0.3, -0.25) is 0 Å². The second-order valence-corrected chi connectivity index (χ2v) is 7.48. The molecule has 0 atom stereocenters. The minimum absolute atomic E-state index is 0.128. The molecule has 2 aromatic rings. The molecular formula is C20H26N2O. The van der Waals surface area contributed by atoms with Crippen LogP contribution in [-0.2, 0) is 17.3 Å². The largest absolute Gasteiger partial charge is 0.424 e. The first-order valence-corrected chi connectivity index (χ1v) is 8.01. The number of rotatable bonds is 3. The summed E-state index contributed by atoms with van der Waals surface area (Å²) in [5.74, 6) is 1.37. The van der Waals surface area contributed by atoms with E-state index in [1.165, 1.54) is 5.56 Å². The van der Waals surface area contributed by atoms with Crippen molar-refractivity contribution in [1.82, 2.24) is 10.2 Å². The van der Waals surface area contributed by atoms with Gasteiger partial charge in [0.25, 0.3) is 0 Å². The summed E-state index contributed by atoms with van der Waals surface area (Å²) in [5.41, 5.74) is 0.878. The summed E-state index contributed by atoms with van der Waals surface area (Å²) in [5, 5.41) is 8.50. The second-order valence-electron chi connectivity index (χ2n) is 7.48. The summed E-state index contributed by atoms with van der Waals surface area (Å²) in [6.45, 7) is 10.5. The van der Waals surface area contributed by atoms with Gasteiger partial charge in [-0.15, -0.1) is 10.2 Å². The maximum absolute atomic E-state index is 5.94. The molecule has 1 aromatic heterocycles. The molecule has 0 bridgehead atoms. The third-order valence-corrected chi connectivity index (χ3v) is 3.58. The maximum atomic E-state index is 5.94. The average Bonchev–Trinajstić information content (AvgIpc) is 2.96. The van der Waals surface area contributed by atoms with Crippen LogP contribution in [0.1, 0.15) is 52.0 Å². The number of hydrogen-bond donors (Lipinski definition) is 0. The lowest BCUT2D eigenvalue weighted by molar-refractivity contribution is 0.317. The maximum Gasteiger partial charge on any atom is 0.222 e. The third-order valence-electron chi connectivity index (χ3n) is 3.58. The fourth-order valence-corrected chi connectivity index (χ4v) is 2.24. The highest BCUT2D eigenvalue weighted by Gasteiger charge is 2.30. The molecular weight excluding hydrogens is 284 g/mol. The Morgan fingerprint density at radius 3 is 1.70 bits per heavy atom. The van der Waals surface area contributed by atoms with Gasteiger partial charge in [0.15, 0.2) is 0 Å². The van der Waals surface area contributed by atoms with E-state index in [0.717, 1.165) is 6.42 Å². The van der Waals surface area contributed by atoms with Crippen LogP contribution in [-0.4, -0.2) is 10.2 Å². The van der Waals surface area contributed by atoms with Crippen LogP contribution >= 0.6 is 0 Å². The molecule has 0 spiro atoms. The van der Waals surface area contributed by atoms with Crippen LogP contribution in [0.15, 0.2) is 59.0 Å². The highest BCUT2D eigenvalue weighted by Crippen LogP contribution is 2.29. The van der Waals surface area contributed by atoms with Crippen molar-refractivity contribution in [2.75, 3.05) is 0 Å². The zero-order valence-electron chi connectivity index (χ0n) is 14.7. The van der Waals surface area contributed by atoms with E-state index in [1.54, 1.807) is 0 Å². The van der Waals surface area contributed by atoms with Crippen LogP contribution in [0.25, 0.3) is 0 Å². The highest BCUT2D eigenvalue weighted by molar-refractivity contribution is 5.17. The molecule has 0 saturated heterocycles. The van der Waals surface area contributed by atoms with Crippen molar-refractivity contribution < 1.29 is 4.42 Å². The van der Waals surface area contributed by atoms with Gasteiger partial charge in [0.05, 0.1) is 0 Å². The van der Waals surface area contributed by atoms with Crippen LogP contribution in [0.4, 0.5) is 0 Å². The molecule has 2 rings (SSSR count). The van der Waals surface area contributed by atoms with Gasteiger partial charge < -0.3 is 4.42 Å².